The molecule has 0 saturated heterocycles. The first-order valence-corrected chi connectivity index (χ1v) is 11.9. The van der Waals surface area contributed by atoms with E-state index in [0.29, 0.717) is 12.0 Å². The van der Waals surface area contributed by atoms with Crippen LogP contribution < -0.4 is 10.6 Å². The van der Waals surface area contributed by atoms with Crippen LogP contribution in [0.25, 0.3) is 16.8 Å². The minimum Gasteiger partial charge on any atom is -0.373 e. The first kappa shape index (κ1) is 25.6. The highest BCUT2D eigenvalue weighted by atomic mass is 16.1. The summed E-state index contributed by atoms with van der Waals surface area (Å²) in [5.74, 6) is 1.33. The molecule has 2 heterocycles. The zero-order valence-corrected chi connectivity index (χ0v) is 21.2. The topological polar surface area (TPSA) is 97.6 Å². The van der Waals surface area contributed by atoms with E-state index in [1.165, 1.54) is 5.56 Å². The Kier molecular flexibility index (Phi) is 8.67. The van der Waals surface area contributed by atoms with E-state index in [4.69, 9.17) is 0 Å². The first-order valence-electron chi connectivity index (χ1n) is 11.9. The smallest absolute Gasteiger partial charge is 0.251 e. The van der Waals surface area contributed by atoms with Crippen LogP contribution in [-0.4, -0.2) is 38.1 Å². The van der Waals surface area contributed by atoms with Crippen LogP contribution in [0.2, 0.25) is 0 Å². The summed E-state index contributed by atoms with van der Waals surface area (Å²) >= 11 is 0. The van der Waals surface area contributed by atoms with E-state index in [1.807, 2.05) is 84.1 Å². The van der Waals surface area contributed by atoms with Crippen molar-refractivity contribution in [3.63, 3.8) is 0 Å². The minimum absolute atomic E-state index is 0.179. The highest BCUT2D eigenvalue weighted by Crippen LogP contribution is 2.26. The molecule has 2 N–H and O–H groups in total. The van der Waals surface area contributed by atoms with Crippen LogP contribution in [0.15, 0.2) is 60.8 Å². The Morgan fingerprint density at radius 3 is 2.40 bits per heavy atom. The quantitative estimate of drug-likeness (QED) is 0.387. The van der Waals surface area contributed by atoms with Crippen molar-refractivity contribution in [3.05, 3.63) is 83.3 Å². The number of nitrogens with zero attached hydrogens (tertiary/aromatic N) is 5. The highest BCUT2D eigenvalue weighted by molar-refractivity contribution is 5.96. The van der Waals surface area contributed by atoms with Gasteiger partial charge >= 0.3 is 0 Å². The lowest BCUT2D eigenvalue weighted by molar-refractivity contribution is 0.0940. The molecule has 35 heavy (non-hydrogen) atoms. The standard InChI is InChI=1S/C25H27N7O.C2H6/c1-5-24-29-30-31-32(24)22-13-20(18-8-6-16(2)7-9-18)12-21(14-22)25(33)28-17(3)19-10-11-23(26-4)27-15-19;1-2/h6-15,17H,5H2,1-4H3,(H,26,27)(H,28,33);1-2H3. The Labute approximate surface area is 206 Å². The van der Waals surface area contributed by atoms with Crippen LogP contribution in [0.4, 0.5) is 5.82 Å². The van der Waals surface area contributed by atoms with Gasteiger partial charge in [-0.1, -0.05) is 56.7 Å². The van der Waals surface area contributed by atoms with Gasteiger partial charge in [-0.15, -0.1) is 5.10 Å². The van der Waals surface area contributed by atoms with Gasteiger partial charge in [0.2, 0.25) is 0 Å². The molecule has 0 aliphatic rings. The average Bonchev–Trinajstić information content (AvgIpc) is 3.39. The van der Waals surface area contributed by atoms with Gasteiger partial charge in [-0.25, -0.2) is 4.98 Å². The third kappa shape index (κ3) is 6.09. The van der Waals surface area contributed by atoms with Gasteiger partial charge in [0, 0.05) is 25.2 Å². The summed E-state index contributed by atoms with van der Waals surface area (Å²) in [6.45, 7) is 9.98. The molecule has 182 valence electrons. The van der Waals surface area contributed by atoms with E-state index < -0.39 is 0 Å². The van der Waals surface area contributed by atoms with E-state index in [9.17, 15) is 4.79 Å². The van der Waals surface area contributed by atoms with Crippen molar-refractivity contribution < 1.29 is 4.79 Å². The Morgan fingerprint density at radius 2 is 1.77 bits per heavy atom. The maximum Gasteiger partial charge on any atom is 0.251 e. The maximum absolute atomic E-state index is 13.3. The van der Waals surface area contributed by atoms with Gasteiger partial charge in [0.15, 0.2) is 5.82 Å². The van der Waals surface area contributed by atoms with Gasteiger partial charge in [-0.2, -0.15) is 4.68 Å². The van der Waals surface area contributed by atoms with Crippen LogP contribution >= 0.6 is 0 Å². The number of nitrogens with one attached hydrogen (secondary N) is 2. The second-order valence-electron chi connectivity index (χ2n) is 7.92. The number of tetrazole rings is 1. The summed E-state index contributed by atoms with van der Waals surface area (Å²) in [6.07, 6.45) is 2.44. The summed E-state index contributed by atoms with van der Waals surface area (Å²) in [4.78, 5) is 17.6. The zero-order chi connectivity index (χ0) is 25.4. The van der Waals surface area contributed by atoms with Gasteiger partial charge in [0.25, 0.3) is 5.91 Å². The van der Waals surface area contributed by atoms with E-state index >= 15 is 0 Å². The number of hydrogen-bond donors (Lipinski definition) is 2. The normalized spacial score (nSPS) is 11.3. The number of benzene rings is 2. The number of hydrogen-bond acceptors (Lipinski definition) is 6. The van der Waals surface area contributed by atoms with Crippen molar-refractivity contribution in [2.75, 3.05) is 12.4 Å². The lowest BCUT2D eigenvalue weighted by Crippen LogP contribution is -2.27. The summed E-state index contributed by atoms with van der Waals surface area (Å²) in [7, 11) is 1.82. The molecule has 0 fully saturated rings. The largest absolute Gasteiger partial charge is 0.373 e. The molecule has 0 radical (unpaired) electrons. The molecule has 0 bridgehead atoms. The third-order valence-corrected chi connectivity index (χ3v) is 5.55. The number of aromatic nitrogens is 5. The fourth-order valence-corrected chi connectivity index (χ4v) is 3.58. The molecule has 1 atom stereocenters. The van der Waals surface area contributed by atoms with Gasteiger partial charge < -0.3 is 10.6 Å². The number of rotatable bonds is 7. The van der Waals surface area contributed by atoms with Crippen LogP contribution in [0, 0.1) is 6.92 Å². The van der Waals surface area contributed by atoms with Crippen molar-refractivity contribution in [2.24, 2.45) is 0 Å². The molecule has 0 spiro atoms. The van der Waals surface area contributed by atoms with Crippen molar-refractivity contribution in [1.82, 2.24) is 30.5 Å². The van der Waals surface area contributed by atoms with Crippen LogP contribution in [-0.2, 0) is 6.42 Å². The minimum atomic E-state index is -0.207. The lowest BCUT2D eigenvalue weighted by Gasteiger charge is -2.16. The molecule has 2 aromatic heterocycles. The number of carbonyl (C=O) groups is 1. The molecule has 4 aromatic rings. The molecule has 2 aromatic carbocycles. The van der Waals surface area contributed by atoms with Crippen molar-refractivity contribution in [1.29, 1.82) is 0 Å². The SMILES string of the molecule is CC.CCc1nnnn1-c1cc(C(=O)NC(C)c2ccc(NC)nc2)cc(-c2ccc(C)cc2)c1. The predicted molar refractivity (Wildman–Crippen MR) is 140 cm³/mol. The third-order valence-electron chi connectivity index (χ3n) is 5.55. The Bertz CT molecular complexity index is 1250. The predicted octanol–water partition coefficient (Wildman–Crippen LogP) is 5.15. The first-order chi connectivity index (χ1) is 17.0. The van der Waals surface area contributed by atoms with Crippen LogP contribution in [0.3, 0.4) is 0 Å². The molecule has 0 saturated carbocycles. The Balaban J connectivity index is 0.00000167. The lowest BCUT2D eigenvalue weighted by atomic mass is 10.00. The molecular formula is C27H33N7O. The molecule has 0 aliphatic carbocycles. The van der Waals surface area contributed by atoms with Crippen molar-refractivity contribution in [3.8, 4) is 16.8 Å². The molecule has 8 heteroatoms. The highest BCUT2D eigenvalue weighted by Gasteiger charge is 2.16. The molecule has 8 nitrogen and oxygen atoms in total. The average molecular weight is 472 g/mol. The Hall–Kier alpha value is -4.07. The second kappa shape index (κ2) is 11.9. The van der Waals surface area contributed by atoms with E-state index in [2.05, 4.69) is 43.3 Å². The summed E-state index contributed by atoms with van der Waals surface area (Å²) in [5, 5.41) is 18.1. The summed E-state index contributed by atoms with van der Waals surface area (Å²) < 4.78 is 1.68. The van der Waals surface area contributed by atoms with Crippen LogP contribution in [0.1, 0.15) is 61.0 Å². The number of anilines is 1. The summed E-state index contributed by atoms with van der Waals surface area (Å²) in [5.41, 5.74) is 5.31. The number of amides is 1. The summed E-state index contributed by atoms with van der Waals surface area (Å²) in [6, 6.07) is 17.6. The number of pyridine rings is 1. The van der Waals surface area contributed by atoms with Crippen LogP contribution in [0.5, 0.6) is 0 Å². The molecule has 4 rings (SSSR count). The second-order valence-corrected chi connectivity index (χ2v) is 7.92. The van der Waals surface area contributed by atoms with E-state index in [1.54, 1.807) is 10.9 Å². The number of aryl methyl sites for hydroxylation is 2. The fourth-order valence-electron chi connectivity index (χ4n) is 3.58. The fraction of sp³-hybridized carbons (Fsp3) is 0.296. The van der Waals surface area contributed by atoms with Crippen molar-refractivity contribution >= 4 is 11.7 Å². The van der Waals surface area contributed by atoms with Gasteiger partial charge in [0.05, 0.1) is 11.7 Å². The van der Waals surface area contributed by atoms with Gasteiger partial charge in [0.1, 0.15) is 5.82 Å². The zero-order valence-electron chi connectivity index (χ0n) is 21.2. The molecule has 1 unspecified atom stereocenters. The van der Waals surface area contributed by atoms with Gasteiger partial charge in [-0.3, -0.25) is 4.79 Å². The molecule has 1 amide bonds. The molecular weight excluding hydrogens is 438 g/mol. The van der Waals surface area contributed by atoms with Crippen molar-refractivity contribution in [2.45, 2.75) is 47.1 Å². The number of carbonyl (C=O) groups excluding carboxylic acids is 1. The van der Waals surface area contributed by atoms with E-state index in [0.717, 1.165) is 34.0 Å². The Morgan fingerprint density at radius 1 is 1.03 bits per heavy atom. The van der Waals surface area contributed by atoms with E-state index in [-0.39, 0.29) is 11.9 Å². The molecule has 0 aliphatic heterocycles. The monoisotopic (exact) mass is 471 g/mol. The van der Waals surface area contributed by atoms with Gasteiger partial charge in [-0.05, 0) is 65.2 Å². The maximum atomic E-state index is 13.3.